The van der Waals surface area contributed by atoms with Gasteiger partial charge in [-0.15, -0.1) is 10.2 Å². The smallest absolute Gasteiger partial charge is 0.309 e. The van der Waals surface area contributed by atoms with Crippen LogP contribution >= 0.6 is 0 Å². The van der Waals surface area contributed by atoms with Crippen LogP contribution in [0.15, 0.2) is 58.9 Å². The third-order valence-electron chi connectivity index (χ3n) is 3.03. The van der Waals surface area contributed by atoms with E-state index in [4.69, 9.17) is 5.11 Å². The predicted molar refractivity (Wildman–Crippen MR) is 78.8 cm³/mol. The number of aliphatic carboxylic acids is 1. The monoisotopic (exact) mass is 296 g/mol. The number of carbonyl (C=O) groups is 1. The van der Waals surface area contributed by atoms with Crippen molar-refractivity contribution in [3.8, 4) is 5.75 Å². The molecule has 3 rings (SSSR count). The van der Waals surface area contributed by atoms with E-state index >= 15 is 0 Å². The summed E-state index contributed by atoms with van der Waals surface area (Å²) in [4.78, 5) is 15.2. The van der Waals surface area contributed by atoms with Gasteiger partial charge in [-0.3, -0.25) is 9.20 Å². The van der Waals surface area contributed by atoms with Crippen LogP contribution in [0.1, 0.15) is 5.69 Å². The Morgan fingerprint density at radius 3 is 2.68 bits per heavy atom. The van der Waals surface area contributed by atoms with E-state index in [2.05, 4.69) is 15.2 Å². The maximum absolute atomic E-state index is 11.0. The van der Waals surface area contributed by atoms with Gasteiger partial charge in [-0.05, 0) is 24.3 Å². The molecule has 0 unspecified atom stereocenters. The first-order valence-corrected chi connectivity index (χ1v) is 6.52. The normalized spacial score (nSPS) is 11.3. The van der Waals surface area contributed by atoms with Crippen molar-refractivity contribution in [3.05, 3.63) is 54.4 Å². The second kappa shape index (κ2) is 5.65. The summed E-state index contributed by atoms with van der Waals surface area (Å²) in [5, 5.41) is 26.7. The van der Waals surface area contributed by atoms with Gasteiger partial charge < -0.3 is 10.2 Å². The number of imidazole rings is 1. The molecule has 2 aromatic heterocycles. The van der Waals surface area contributed by atoms with Crippen molar-refractivity contribution in [2.24, 2.45) is 10.2 Å². The molecule has 0 amide bonds. The van der Waals surface area contributed by atoms with E-state index in [1.807, 2.05) is 0 Å². The Hall–Kier alpha value is -3.22. The van der Waals surface area contributed by atoms with Gasteiger partial charge in [0.15, 0.2) is 5.82 Å². The molecule has 110 valence electrons. The Morgan fingerprint density at radius 1 is 1.14 bits per heavy atom. The van der Waals surface area contributed by atoms with Crippen LogP contribution in [0.3, 0.4) is 0 Å². The summed E-state index contributed by atoms with van der Waals surface area (Å²) in [6.07, 6.45) is 1.48. The van der Waals surface area contributed by atoms with E-state index in [0.29, 0.717) is 22.8 Å². The molecule has 7 heteroatoms. The summed E-state index contributed by atoms with van der Waals surface area (Å²) in [6, 6.07) is 11.9. The molecule has 2 heterocycles. The number of azo groups is 1. The molecule has 22 heavy (non-hydrogen) atoms. The summed E-state index contributed by atoms with van der Waals surface area (Å²) in [7, 11) is 0. The number of hydrogen-bond acceptors (Lipinski definition) is 5. The summed E-state index contributed by atoms with van der Waals surface area (Å²) in [6.45, 7) is 0. The Labute approximate surface area is 125 Å². The number of phenolic OH excluding ortho intramolecular Hbond substituents is 1. The van der Waals surface area contributed by atoms with Crippen molar-refractivity contribution in [3.63, 3.8) is 0 Å². The Kier molecular flexibility index (Phi) is 3.53. The molecule has 2 N–H and O–H groups in total. The third-order valence-corrected chi connectivity index (χ3v) is 3.03. The molecule has 0 atom stereocenters. The van der Waals surface area contributed by atoms with E-state index in [-0.39, 0.29) is 12.2 Å². The van der Waals surface area contributed by atoms with Crippen LogP contribution < -0.4 is 0 Å². The number of benzene rings is 1. The zero-order chi connectivity index (χ0) is 15.5. The number of para-hydroxylation sites is 1. The highest BCUT2D eigenvalue weighted by Crippen LogP contribution is 2.29. The molecule has 0 bridgehead atoms. The Balaban J connectivity index is 2.08. The lowest BCUT2D eigenvalue weighted by molar-refractivity contribution is -0.136. The van der Waals surface area contributed by atoms with Crippen LogP contribution in [-0.2, 0) is 11.2 Å². The summed E-state index contributed by atoms with van der Waals surface area (Å²) >= 11 is 0. The fourth-order valence-corrected chi connectivity index (χ4v) is 2.05. The van der Waals surface area contributed by atoms with Crippen molar-refractivity contribution in [2.75, 3.05) is 0 Å². The zero-order valence-corrected chi connectivity index (χ0v) is 11.4. The number of hydrogen-bond donors (Lipinski definition) is 2. The largest absolute Gasteiger partial charge is 0.506 e. The van der Waals surface area contributed by atoms with E-state index in [1.165, 1.54) is 6.07 Å². The van der Waals surface area contributed by atoms with Crippen molar-refractivity contribution < 1.29 is 15.0 Å². The van der Waals surface area contributed by atoms with Gasteiger partial charge in [0.25, 0.3) is 0 Å². The number of rotatable bonds is 4. The molecule has 0 saturated heterocycles. The second-order valence-corrected chi connectivity index (χ2v) is 4.57. The first-order valence-electron chi connectivity index (χ1n) is 6.52. The molecule has 3 aromatic rings. The lowest BCUT2D eigenvalue weighted by Gasteiger charge is -1.98. The third kappa shape index (κ3) is 2.64. The van der Waals surface area contributed by atoms with Crippen LogP contribution in [-0.4, -0.2) is 25.6 Å². The molecule has 0 radical (unpaired) electrons. The first kappa shape index (κ1) is 13.7. The van der Waals surface area contributed by atoms with E-state index in [0.717, 1.165) is 0 Å². The lowest BCUT2D eigenvalue weighted by atomic mass is 10.3. The fourth-order valence-electron chi connectivity index (χ4n) is 2.05. The van der Waals surface area contributed by atoms with Gasteiger partial charge in [0, 0.05) is 6.20 Å². The maximum atomic E-state index is 11.0. The molecular weight excluding hydrogens is 284 g/mol. The predicted octanol–water partition coefficient (Wildman–Crippen LogP) is 3.08. The Morgan fingerprint density at radius 2 is 1.91 bits per heavy atom. The fraction of sp³-hybridized carbons (Fsp3) is 0.0667. The van der Waals surface area contributed by atoms with Gasteiger partial charge in [-0.25, -0.2) is 4.98 Å². The van der Waals surface area contributed by atoms with Gasteiger partial charge in [0.1, 0.15) is 17.1 Å². The number of aromatic nitrogens is 2. The molecule has 1 aromatic carbocycles. The zero-order valence-electron chi connectivity index (χ0n) is 11.4. The van der Waals surface area contributed by atoms with Gasteiger partial charge >= 0.3 is 5.97 Å². The highest BCUT2D eigenvalue weighted by molar-refractivity contribution is 5.72. The second-order valence-electron chi connectivity index (χ2n) is 4.57. The summed E-state index contributed by atoms with van der Waals surface area (Å²) < 4.78 is 1.65. The quantitative estimate of drug-likeness (QED) is 0.722. The minimum Gasteiger partial charge on any atom is -0.506 e. The molecule has 0 aliphatic rings. The van der Waals surface area contributed by atoms with Crippen molar-refractivity contribution >= 4 is 23.1 Å². The number of aromatic hydroxyl groups is 1. The van der Waals surface area contributed by atoms with Crippen LogP contribution in [0.5, 0.6) is 5.75 Å². The van der Waals surface area contributed by atoms with Gasteiger partial charge in [0.05, 0.1) is 12.1 Å². The van der Waals surface area contributed by atoms with E-state index in [9.17, 15) is 9.90 Å². The number of nitrogens with zero attached hydrogens (tertiary/aromatic N) is 4. The number of phenols is 1. The first-order chi connectivity index (χ1) is 10.6. The van der Waals surface area contributed by atoms with E-state index in [1.54, 1.807) is 47.0 Å². The van der Waals surface area contributed by atoms with Gasteiger partial charge in [-0.2, -0.15) is 0 Å². The molecule has 0 fully saturated rings. The molecule has 0 spiro atoms. The number of carboxylic acids is 1. The molecule has 0 saturated carbocycles. The number of pyridine rings is 1. The van der Waals surface area contributed by atoms with Crippen molar-refractivity contribution in [2.45, 2.75) is 6.42 Å². The van der Waals surface area contributed by atoms with Crippen molar-refractivity contribution in [1.82, 2.24) is 9.38 Å². The minimum absolute atomic E-state index is 0.000134. The van der Waals surface area contributed by atoms with Gasteiger partial charge in [-0.1, -0.05) is 18.2 Å². The number of carboxylic acid groups (broad SMARTS) is 1. The van der Waals surface area contributed by atoms with Gasteiger partial charge in [0.2, 0.25) is 0 Å². The highest BCUT2D eigenvalue weighted by atomic mass is 16.4. The SMILES string of the molecule is O=C(O)Cc1nc2ccccn2c1N=Nc1ccccc1O. The van der Waals surface area contributed by atoms with Crippen LogP contribution in [0.4, 0.5) is 11.5 Å². The molecular formula is C15H12N4O3. The van der Waals surface area contributed by atoms with E-state index < -0.39 is 5.97 Å². The molecule has 7 nitrogen and oxygen atoms in total. The summed E-state index contributed by atoms with van der Waals surface area (Å²) in [5.74, 6) is -0.663. The standard InChI is InChI=1S/C15H12N4O3/c20-12-6-2-1-5-10(12)17-18-15-11(9-14(21)22)16-13-7-3-4-8-19(13)15/h1-8,20H,9H2,(H,21,22). The lowest BCUT2D eigenvalue weighted by Crippen LogP contribution is -2.00. The minimum atomic E-state index is -0.998. The van der Waals surface area contributed by atoms with Crippen LogP contribution in [0, 0.1) is 0 Å². The Bertz CT molecular complexity index is 870. The highest BCUT2D eigenvalue weighted by Gasteiger charge is 2.14. The van der Waals surface area contributed by atoms with Crippen LogP contribution in [0.25, 0.3) is 5.65 Å². The maximum Gasteiger partial charge on any atom is 0.309 e. The molecule has 0 aliphatic heterocycles. The average Bonchev–Trinajstić information content (AvgIpc) is 2.83. The van der Waals surface area contributed by atoms with Crippen LogP contribution in [0.2, 0.25) is 0 Å². The number of fused-ring (bicyclic) bond motifs is 1. The topological polar surface area (TPSA) is 99.5 Å². The van der Waals surface area contributed by atoms with Crippen molar-refractivity contribution in [1.29, 1.82) is 0 Å². The summed E-state index contributed by atoms with van der Waals surface area (Å²) in [5.41, 5.74) is 1.21. The average molecular weight is 296 g/mol. The molecule has 0 aliphatic carbocycles.